The average Bonchev–Trinajstić information content (AvgIpc) is 2.48. The second-order valence-corrected chi connectivity index (χ2v) is 5.58. The second-order valence-electron chi connectivity index (χ2n) is 5.58. The molecule has 1 atom stereocenters. The third-order valence-electron chi connectivity index (χ3n) is 3.73. The van der Waals surface area contributed by atoms with Crippen LogP contribution in [0.5, 0.6) is 0 Å². The van der Waals surface area contributed by atoms with E-state index in [0.717, 1.165) is 18.5 Å². The second kappa shape index (κ2) is 7.44. The Bertz CT molecular complexity index is 425. The van der Waals surface area contributed by atoms with E-state index in [9.17, 15) is 4.79 Å². The highest BCUT2D eigenvalue weighted by molar-refractivity contribution is 5.82. The summed E-state index contributed by atoms with van der Waals surface area (Å²) in [5.74, 6) is 0.255. The van der Waals surface area contributed by atoms with Crippen molar-refractivity contribution in [3.8, 4) is 0 Å². The number of benzene rings is 1. The number of hydrogen-bond donors (Lipinski definition) is 1. The highest BCUT2D eigenvalue weighted by Gasteiger charge is 2.39. The molecule has 0 saturated carbocycles. The summed E-state index contributed by atoms with van der Waals surface area (Å²) in [7, 11) is 1.45. The van der Waals surface area contributed by atoms with E-state index < -0.39 is 5.54 Å². The van der Waals surface area contributed by atoms with Crippen LogP contribution in [0.2, 0.25) is 0 Å². The van der Waals surface area contributed by atoms with Crippen molar-refractivity contribution in [1.29, 1.82) is 0 Å². The molecule has 0 heterocycles. The maximum atomic E-state index is 12.3. The van der Waals surface area contributed by atoms with Gasteiger partial charge < -0.3 is 4.74 Å². The molecule has 1 N–H and O–H groups in total. The number of esters is 1. The van der Waals surface area contributed by atoms with Gasteiger partial charge in [-0.2, -0.15) is 0 Å². The van der Waals surface area contributed by atoms with Crippen molar-refractivity contribution in [2.24, 2.45) is 5.92 Å². The van der Waals surface area contributed by atoms with E-state index in [1.807, 2.05) is 19.1 Å². The first-order valence-electron chi connectivity index (χ1n) is 7.43. The topological polar surface area (TPSA) is 38.3 Å². The van der Waals surface area contributed by atoms with Gasteiger partial charge in [0.1, 0.15) is 5.54 Å². The fourth-order valence-corrected chi connectivity index (χ4v) is 2.34. The van der Waals surface area contributed by atoms with Crippen LogP contribution in [0.25, 0.3) is 0 Å². The number of ether oxygens (including phenoxy) is 1. The molecule has 1 unspecified atom stereocenters. The van der Waals surface area contributed by atoms with Crippen LogP contribution >= 0.6 is 0 Å². The summed E-state index contributed by atoms with van der Waals surface area (Å²) in [6.07, 6.45) is 1.66. The molecule has 1 aromatic carbocycles. The van der Waals surface area contributed by atoms with Gasteiger partial charge in [-0.3, -0.25) is 5.32 Å². The van der Waals surface area contributed by atoms with Gasteiger partial charge in [-0.25, -0.2) is 4.79 Å². The molecule has 0 spiro atoms. The molecule has 0 aromatic heterocycles. The fraction of sp³-hybridized carbons (Fsp3) is 0.588. The molecule has 0 bridgehead atoms. The summed E-state index contributed by atoms with van der Waals surface area (Å²) in [6.45, 7) is 9.17. The monoisotopic (exact) mass is 277 g/mol. The van der Waals surface area contributed by atoms with E-state index in [2.05, 4.69) is 38.2 Å². The molecule has 0 radical (unpaired) electrons. The molecule has 0 fully saturated rings. The Morgan fingerprint density at radius 1 is 1.25 bits per heavy atom. The van der Waals surface area contributed by atoms with E-state index in [-0.39, 0.29) is 5.97 Å². The van der Waals surface area contributed by atoms with Gasteiger partial charge in [0.15, 0.2) is 0 Å². The van der Waals surface area contributed by atoms with Gasteiger partial charge in [-0.05, 0) is 36.4 Å². The fourth-order valence-electron chi connectivity index (χ4n) is 2.34. The van der Waals surface area contributed by atoms with Crippen LogP contribution in [0.1, 0.15) is 45.2 Å². The van der Waals surface area contributed by atoms with Crippen LogP contribution in [0.4, 0.5) is 0 Å². The molecule has 3 heteroatoms. The number of carbonyl (C=O) groups is 1. The van der Waals surface area contributed by atoms with Crippen LogP contribution in [0.15, 0.2) is 24.3 Å². The van der Waals surface area contributed by atoms with Gasteiger partial charge in [0.25, 0.3) is 0 Å². The lowest BCUT2D eigenvalue weighted by Gasteiger charge is -2.32. The molecule has 1 aromatic rings. The summed E-state index contributed by atoms with van der Waals surface area (Å²) in [5, 5.41) is 3.41. The Hall–Kier alpha value is -1.35. The molecule has 0 saturated heterocycles. The Morgan fingerprint density at radius 3 is 2.25 bits per heavy atom. The Kier molecular flexibility index (Phi) is 6.21. The highest BCUT2D eigenvalue weighted by atomic mass is 16.5. The first kappa shape index (κ1) is 16.7. The molecular formula is C17H27NO2. The Labute approximate surface area is 122 Å². The lowest BCUT2D eigenvalue weighted by molar-refractivity contribution is -0.149. The number of aryl methyl sites for hydroxylation is 1. The smallest absolute Gasteiger partial charge is 0.330 e. The zero-order chi connectivity index (χ0) is 15.2. The zero-order valence-corrected chi connectivity index (χ0v) is 13.3. The van der Waals surface area contributed by atoms with Gasteiger partial charge in [0.2, 0.25) is 0 Å². The number of methoxy groups -OCH3 is 1. The van der Waals surface area contributed by atoms with Gasteiger partial charge in [-0.1, -0.05) is 52.0 Å². The molecule has 0 aliphatic carbocycles. The van der Waals surface area contributed by atoms with Crippen LogP contribution in [-0.4, -0.2) is 19.6 Å². The summed E-state index contributed by atoms with van der Waals surface area (Å²) in [5.41, 5.74) is 1.50. The number of hydrogen-bond acceptors (Lipinski definition) is 3. The average molecular weight is 277 g/mol. The van der Waals surface area contributed by atoms with E-state index in [1.165, 1.54) is 12.7 Å². The summed E-state index contributed by atoms with van der Waals surface area (Å²) >= 11 is 0. The van der Waals surface area contributed by atoms with Crippen LogP contribution in [0, 0.1) is 5.92 Å². The predicted octanol–water partition coefficient (Wildman–Crippen LogP) is 3.27. The van der Waals surface area contributed by atoms with Gasteiger partial charge in [-0.15, -0.1) is 0 Å². The number of nitrogens with one attached hydrogen (secondary N) is 1. The molecule has 0 aliphatic heterocycles. The number of rotatable bonds is 7. The minimum Gasteiger partial charge on any atom is -0.467 e. The SMILES string of the molecule is CCc1ccc(C(CC)(NCC(C)C)C(=O)OC)cc1. The van der Waals surface area contributed by atoms with Crippen molar-refractivity contribution >= 4 is 5.97 Å². The third-order valence-corrected chi connectivity index (χ3v) is 3.73. The summed E-state index contributed by atoms with van der Waals surface area (Å²) in [6, 6.07) is 8.23. The molecule has 3 nitrogen and oxygen atoms in total. The lowest BCUT2D eigenvalue weighted by atomic mass is 9.86. The van der Waals surface area contributed by atoms with E-state index in [0.29, 0.717) is 12.3 Å². The van der Waals surface area contributed by atoms with Crippen LogP contribution < -0.4 is 5.32 Å². The van der Waals surface area contributed by atoms with Gasteiger partial charge in [0, 0.05) is 0 Å². The van der Waals surface area contributed by atoms with E-state index in [4.69, 9.17) is 4.74 Å². The standard InChI is InChI=1S/C17H27NO2/c1-6-14-8-10-15(11-9-14)17(7-2,16(19)20-5)18-12-13(3)4/h8-11,13,18H,6-7,12H2,1-5H3. The molecule has 1 rings (SSSR count). The highest BCUT2D eigenvalue weighted by Crippen LogP contribution is 2.27. The maximum Gasteiger partial charge on any atom is 0.330 e. The number of carbonyl (C=O) groups excluding carboxylic acids is 1. The van der Waals surface area contributed by atoms with Crippen molar-refractivity contribution in [2.75, 3.05) is 13.7 Å². The van der Waals surface area contributed by atoms with Crippen molar-refractivity contribution in [1.82, 2.24) is 5.32 Å². The Balaban J connectivity index is 3.15. The quantitative estimate of drug-likeness (QED) is 0.777. The van der Waals surface area contributed by atoms with Crippen molar-refractivity contribution in [3.05, 3.63) is 35.4 Å². The Morgan fingerprint density at radius 2 is 1.85 bits per heavy atom. The maximum absolute atomic E-state index is 12.3. The van der Waals surface area contributed by atoms with Gasteiger partial charge >= 0.3 is 5.97 Å². The molecule has 0 amide bonds. The van der Waals surface area contributed by atoms with Crippen LogP contribution in [0.3, 0.4) is 0 Å². The molecule has 0 aliphatic rings. The molecule has 20 heavy (non-hydrogen) atoms. The minimum absolute atomic E-state index is 0.218. The predicted molar refractivity (Wildman–Crippen MR) is 82.6 cm³/mol. The van der Waals surface area contributed by atoms with Crippen molar-refractivity contribution in [2.45, 2.75) is 46.1 Å². The van der Waals surface area contributed by atoms with Gasteiger partial charge in [0.05, 0.1) is 7.11 Å². The largest absolute Gasteiger partial charge is 0.467 e. The van der Waals surface area contributed by atoms with Crippen LogP contribution in [-0.2, 0) is 21.5 Å². The van der Waals surface area contributed by atoms with E-state index >= 15 is 0 Å². The summed E-state index contributed by atoms with van der Waals surface area (Å²) in [4.78, 5) is 12.3. The van der Waals surface area contributed by atoms with E-state index in [1.54, 1.807) is 0 Å². The first-order valence-corrected chi connectivity index (χ1v) is 7.43. The lowest BCUT2D eigenvalue weighted by Crippen LogP contribution is -2.50. The normalized spacial score (nSPS) is 14.1. The minimum atomic E-state index is -0.745. The third kappa shape index (κ3) is 3.60. The summed E-state index contributed by atoms with van der Waals surface area (Å²) < 4.78 is 5.05. The molecule has 112 valence electrons. The zero-order valence-electron chi connectivity index (χ0n) is 13.3. The first-order chi connectivity index (χ1) is 9.50. The van der Waals surface area contributed by atoms with Crippen molar-refractivity contribution < 1.29 is 9.53 Å². The van der Waals surface area contributed by atoms with Crippen molar-refractivity contribution in [3.63, 3.8) is 0 Å². The molecular weight excluding hydrogens is 250 g/mol.